The van der Waals surface area contributed by atoms with Gasteiger partial charge in [-0.3, -0.25) is 4.90 Å². The molecule has 1 aliphatic heterocycles. The summed E-state index contributed by atoms with van der Waals surface area (Å²) in [6.07, 6.45) is 0. The number of sulfonamides is 1. The Morgan fingerprint density at radius 2 is 2.05 bits per heavy atom. The van der Waals surface area contributed by atoms with Gasteiger partial charge in [-0.25, -0.2) is 13.1 Å². The van der Waals surface area contributed by atoms with E-state index in [0.717, 1.165) is 13.1 Å². The number of hydrogen-bond donors (Lipinski definition) is 2. The standard InChI is InChI=1S/C12H18ClN3O3S/c13-10-1-2-11(14)12(9-10)20(17,18)15-3-4-16-5-7-19-8-6-16/h1-2,9,15H,3-8,14H2. The predicted octanol–water partition coefficient (Wildman–Crippen LogP) is 0.533. The lowest BCUT2D eigenvalue weighted by Crippen LogP contribution is -2.41. The van der Waals surface area contributed by atoms with Crippen molar-refractivity contribution in [3.05, 3.63) is 23.2 Å². The monoisotopic (exact) mass is 319 g/mol. The van der Waals surface area contributed by atoms with E-state index in [0.29, 0.717) is 31.3 Å². The fourth-order valence-corrected chi connectivity index (χ4v) is 3.39. The second-order valence-corrected chi connectivity index (χ2v) is 6.71. The molecule has 3 N–H and O–H groups in total. The van der Waals surface area contributed by atoms with Gasteiger partial charge >= 0.3 is 0 Å². The number of morpholine rings is 1. The van der Waals surface area contributed by atoms with Crippen molar-refractivity contribution in [3.8, 4) is 0 Å². The highest BCUT2D eigenvalue weighted by Crippen LogP contribution is 2.22. The molecule has 1 aromatic carbocycles. The molecule has 1 fully saturated rings. The van der Waals surface area contributed by atoms with Crippen molar-refractivity contribution in [2.75, 3.05) is 45.1 Å². The Morgan fingerprint density at radius 1 is 1.35 bits per heavy atom. The fraction of sp³-hybridized carbons (Fsp3) is 0.500. The van der Waals surface area contributed by atoms with Crippen LogP contribution in [0, 0.1) is 0 Å². The highest BCUT2D eigenvalue weighted by Gasteiger charge is 2.18. The van der Waals surface area contributed by atoms with Crippen molar-refractivity contribution < 1.29 is 13.2 Å². The van der Waals surface area contributed by atoms with Gasteiger partial charge in [0.25, 0.3) is 0 Å². The van der Waals surface area contributed by atoms with Crippen LogP contribution in [0.15, 0.2) is 23.1 Å². The number of rotatable bonds is 5. The summed E-state index contributed by atoms with van der Waals surface area (Å²) in [5.74, 6) is 0. The van der Waals surface area contributed by atoms with Gasteiger partial charge in [-0.05, 0) is 18.2 Å². The molecule has 20 heavy (non-hydrogen) atoms. The molecule has 8 heteroatoms. The quantitative estimate of drug-likeness (QED) is 0.774. The minimum absolute atomic E-state index is 0.0203. The van der Waals surface area contributed by atoms with E-state index in [1.165, 1.54) is 12.1 Å². The van der Waals surface area contributed by atoms with Crippen LogP contribution in [0.5, 0.6) is 0 Å². The molecule has 6 nitrogen and oxygen atoms in total. The number of nitrogens with two attached hydrogens (primary N) is 1. The number of benzene rings is 1. The van der Waals surface area contributed by atoms with Crippen LogP contribution >= 0.6 is 11.6 Å². The molecule has 0 aromatic heterocycles. The van der Waals surface area contributed by atoms with Gasteiger partial charge in [-0.1, -0.05) is 11.6 Å². The molecule has 1 saturated heterocycles. The van der Waals surface area contributed by atoms with E-state index in [4.69, 9.17) is 22.1 Å². The molecule has 0 bridgehead atoms. The van der Waals surface area contributed by atoms with Crippen LogP contribution in [0.4, 0.5) is 5.69 Å². The van der Waals surface area contributed by atoms with E-state index in [1.807, 2.05) is 0 Å². The zero-order valence-electron chi connectivity index (χ0n) is 11.0. The molecule has 2 rings (SSSR count). The van der Waals surface area contributed by atoms with Crippen LogP contribution in [-0.4, -0.2) is 52.7 Å². The lowest BCUT2D eigenvalue weighted by molar-refractivity contribution is 0.0390. The Kier molecular flexibility index (Phi) is 5.22. The molecular formula is C12H18ClN3O3S. The smallest absolute Gasteiger partial charge is 0.242 e. The Balaban J connectivity index is 1.95. The summed E-state index contributed by atoms with van der Waals surface area (Å²) in [6.45, 7) is 3.99. The van der Waals surface area contributed by atoms with Crippen LogP contribution in [0.3, 0.4) is 0 Å². The third-order valence-electron chi connectivity index (χ3n) is 3.09. The average molecular weight is 320 g/mol. The molecule has 112 valence electrons. The van der Waals surface area contributed by atoms with Crippen LogP contribution in [-0.2, 0) is 14.8 Å². The molecule has 0 amide bonds. The molecule has 0 atom stereocenters. The lowest BCUT2D eigenvalue weighted by Gasteiger charge is -2.26. The second kappa shape index (κ2) is 6.73. The van der Waals surface area contributed by atoms with Gasteiger partial charge in [-0.15, -0.1) is 0 Å². The number of anilines is 1. The normalized spacial score (nSPS) is 17.2. The maximum Gasteiger partial charge on any atom is 0.242 e. The highest BCUT2D eigenvalue weighted by atomic mass is 35.5. The van der Waals surface area contributed by atoms with Crippen molar-refractivity contribution in [3.63, 3.8) is 0 Å². The van der Waals surface area contributed by atoms with Crippen molar-refractivity contribution >= 4 is 27.3 Å². The summed E-state index contributed by atoms with van der Waals surface area (Å²) in [4.78, 5) is 2.17. The van der Waals surface area contributed by atoms with Crippen molar-refractivity contribution in [2.45, 2.75) is 4.90 Å². The van der Waals surface area contributed by atoms with Gasteiger partial charge in [-0.2, -0.15) is 0 Å². The zero-order valence-corrected chi connectivity index (χ0v) is 12.6. The number of nitrogen functional groups attached to an aromatic ring is 1. The van der Waals surface area contributed by atoms with Gasteiger partial charge < -0.3 is 10.5 Å². The molecule has 1 aromatic rings. The summed E-state index contributed by atoms with van der Waals surface area (Å²) >= 11 is 5.81. The molecule has 0 radical (unpaired) electrons. The minimum atomic E-state index is -3.63. The molecular weight excluding hydrogens is 302 g/mol. The Morgan fingerprint density at radius 3 is 2.75 bits per heavy atom. The van der Waals surface area contributed by atoms with Crippen molar-refractivity contribution in [1.29, 1.82) is 0 Å². The maximum atomic E-state index is 12.2. The molecule has 1 heterocycles. The number of hydrogen-bond acceptors (Lipinski definition) is 5. The van der Waals surface area contributed by atoms with Gasteiger partial charge in [0.1, 0.15) is 4.90 Å². The van der Waals surface area contributed by atoms with Crippen LogP contribution in [0.2, 0.25) is 5.02 Å². The van der Waals surface area contributed by atoms with Gasteiger partial charge in [0.2, 0.25) is 10.0 Å². The van der Waals surface area contributed by atoms with Crippen LogP contribution < -0.4 is 10.5 Å². The van der Waals surface area contributed by atoms with E-state index in [1.54, 1.807) is 6.07 Å². The Hall–Kier alpha value is -0.860. The predicted molar refractivity (Wildman–Crippen MR) is 78.3 cm³/mol. The summed E-state index contributed by atoms with van der Waals surface area (Å²) in [6, 6.07) is 4.40. The molecule has 1 aliphatic rings. The molecule has 0 unspecified atom stereocenters. The lowest BCUT2D eigenvalue weighted by atomic mass is 10.3. The first-order valence-corrected chi connectivity index (χ1v) is 8.20. The van der Waals surface area contributed by atoms with E-state index in [9.17, 15) is 8.42 Å². The summed E-state index contributed by atoms with van der Waals surface area (Å²) in [7, 11) is -3.63. The van der Waals surface area contributed by atoms with E-state index in [-0.39, 0.29) is 10.6 Å². The molecule has 0 saturated carbocycles. The van der Waals surface area contributed by atoms with E-state index < -0.39 is 10.0 Å². The van der Waals surface area contributed by atoms with Gasteiger partial charge in [0.05, 0.1) is 18.9 Å². The molecule has 0 spiro atoms. The Labute approximate surface area is 123 Å². The SMILES string of the molecule is Nc1ccc(Cl)cc1S(=O)(=O)NCCN1CCOCC1. The third-order valence-corrected chi connectivity index (χ3v) is 4.84. The summed E-state index contributed by atoms with van der Waals surface area (Å²) < 4.78 is 32.1. The summed E-state index contributed by atoms with van der Waals surface area (Å²) in [5, 5.41) is 0.341. The van der Waals surface area contributed by atoms with Crippen LogP contribution in [0.25, 0.3) is 0 Å². The number of nitrogens with zero attached hydrogens (tertiary/aromatic N) is 1. The number of nitrogens with one attached hydrogen (secondary N) is 1. The largest absolute Gasteiger partial charge is 0.398 e. The Bertz CT molecular complexity index is 559. The first-order chi connectivity index (χ1) is 9.49. The maximum absolute atomic E-state index is 12.2. The van der Waals surface area contributed by atoms with Crippen LogP contribution in [0.1, 0.15) is 0 Å². The number of ether oxygens (including phenoxy) is 1. The highest BCUT2D eigenvalue weighted by molar-refractivity contribution is 7.89. The summed E-state index contributed by atoms with van der Waals surface area (Å²) in [5.41, 5.74) is 5.87. The average Bonchev–Trinajstić information content (AvgIpc) is 2.42. The number of halogens is 1. The topological polar surface area (TPSA) is 84.7 Å². The molecule has 0 aliphatic carbocycles. The fourth-order valence-electron chi connectivity index (χ4n) is 1.98. The van der Waals surface area contributed by atoms with E-state index >= 15 is 0 Å². The van der Waals surface area contributed by atoms with Gasteiger partial charge in [0, 0.05) is 31.2 Å². The van der Waals surface area contributed by atoms with E-state index in [2.05, 4.69) is 9.62 Å². The zero-order chi connectivity index (χ0) is 14.6. The van der Waals surface area contributed by atoms with Crippen molar-refractivity contribution in [2.24, 2.45) is 0 Å². The minimum Gasteiger partial charge on any atom is -0.398 e. The first kappa shape index (κ1) is 15.5. The van der Waals surface area contributed by atoms with Crippen molar-refractivity contribution in [1.82, 2.24) is 9.62 Å². The van der Waals surface area contributed by atoms with Gasteiger partial charge in [0.15, 0.2) is 0 Å². The third kappa shape index (κ3) is 4.07. The second-order valence-electron chi connectivity index (χ2n) is 4.53. The first-order valence-electron chi connectivity index (χ1n) is 6.34.